The molecule has 2 aromatic rings. The maximum Gasteiger partial charge on any atom is 0.338 e. The van der Waals surface area contributed by atoms with E-state index in [1.807, 2.05) is 13.8 Å². The zero-order chi connectivity index (χ0) is 25.1. The van der Waals surface area contributed by atoms with E-state index in [2.05, 4.69) is 10.6 Å². The molecular weight excluding hydrogens is 464 g/mol. The number of amides is 2. The van der Waals surface area contributed by atoms with Crippen LogP contribution in [0, 0.1) is 5.92 Å². The van der Waals surface area contributed by atoms with Crippen LogP contribution in [0.15, 0.2) is 42.5 Å². The van der Waals surface area contributed by atoms with Crippen molar-refractivity contribution in [2.75, 3.05) is 31.0 Å². The van der Waals surface area contributed by atoms with E-state index in [1.165, 1.54) is 13.2 Å². The molecule has 0 heterocycles. The van der Waals surface area contributed by atoms with Crippen LogP contribution >= 0.6 is 11.6 Å². The van der Waals surface area contributed by atoms with Gasteiger partial charge in [0.25, 0.3) is 5.91 Å². The summed E-state index contributed by atoms with van der Waals surface area (Å²) in [5, 5.41) is 5.57. The Hall–Kier alpha value is -3.59. The molecule has 0 aromatic heterocycles. The predicted molar refractivity (Wildman–Crippen MR) is 127 cm³/mol. The van der Waals surface area contributed by atoms with Gasteiger partial charge in [0.1, 0.15) is 5.75 Å². The van der Waals surface area contributed by atoms with Gasteiger partial charge in [-0.05, 0) is 48.4 Å². The molecule has 0 atom stereocenters. The predicted octanol–water partition coefficient (Wildman–Crippen LogP) is 4.06. The van der Waals surface area contributed by atoms with E-state index in [0.29, 0.717) is 34.3 Å². The number of esters is 2. The van der Waals surface area contributed by atoms with Crippen LogP contribution in [-0.4, -0.2) is 44.1 Å². The molecule has 0 radical (unpaired) electrons. The highest BCUT2D eigenvalue weighted by atomic mass is 35.5. The Bertz CT molecular complexity index is 1020. The van der Waals surface area contributed by atoms with E-state index in [4.69, 9.17) is 25.8 Å². The highest BCUT2D eigenvalue weighted by molar-refractivity contribution is 6.31. The van der Waals surface area contributed by atoms with E-state index >= 15 is 0 Å². The molecule has 0 spiro atoms. The van der Waals surface area contributed by atoms with Crippen molar-refractivity contribution < 1.29 is 33.4 Å². The van der Waals surface area contributed by atoms with Crippen LogP contribution in [0.2, 0.25) is 5.02 Å². The number of anilines is 2. The molecule has 0 aliphatic heterocycles. The first-order chi connectivity index (χ1) is 16.2. The molecule has 0 bridgehead atoms. The van der Waals surface area contributed by atoms with Gasteiger partial charge in [0.05, 0.1) is 31.4 Å². The molecule has 0 aliphatic carbocycles. The average molecular weight is 491 g/mol. The fraction of sp³-hybridized carbons (Fsp3) is 0.333. The van der Waals surface area contributed by atoms with Crippen LogP contribution in [0.5, 0.6) is 5.75 Å². The minimum absolute atomic E-state index is 0.138. The number of nitrogens with one attached hydrogen (secondary N) is 2. The molecular formula is C24H27ClN2O7. The van der Waals surface area contributed by atoms with E-state index in [-0.39, 0.29) is 18.8 Å². The van der Waals surface area contributed by atoms with Crippen molar-refractivity contribution in [3.63, 3.8) is 0 Å². The molecule has 2 N–H and O–H groups in total. The van der Waals surface area contributed by atoms with Crippen LogP contribution < -0.4 is 15.4 Å². The van der Waals surface area contributed by atoms with E-state index in [0.717, 1.165) is 0 Å². The maximum atomic E-state index is 12.1. The van der Waals surface area contributed by atoms with Gasteiger partial charge >= 0.3 is 11.9 Å². The van der Waals surface area contributed by atoms with Crippen LogP contribution in [0.4, 0.5) is 11.4 Å². The summed E-state index contributed by atoms with van der Waals surface area (Å²) in [6.45, 7) is 3.68. The number of hydrogen-bond donors (Lipinski definition) is 2. The van der Waals surface area contributed by atoms with Crippen molar-refractivity contribution in [3.05, 3.63) is 53.1 Å². The monoisotopic (exact) mass is 490 g/mol. The number of ether oxygens (including phenoxy) is 3. The SMILES string of the molecule is COc1ccc(Cl)cc1NC(=O)COC(=O)CCC(=O)Nc1ccc(C(=O)OCC(C)C)cc1. The molecule has 0 saturated carbocycles. The van der Waals surface area contributed by atoms with Gasteiger partial charge in [-0.2, -0.15) is 0 Å². The Kier molecular flexibility index (Phi) is 10.3. The van der Waals surface area contributed by atoms with Gasteiger partial charge in [-0.25, -0.2) is 4.79 Å². The summed E-state index contributed by atoms with van der Waals surface area (Å²) in [4.78, 5) is 47.9. The smallest absolute Gasteiger partial charge is 0.338 e. The number of rotatable bonds is 11. The fourth-order valence-electron chi connectivity index (χ4n) is 2.64. The zero-order valence-electron chi connectivity index (χ0n) is 19.2. The molecule has 2 amide bonds. The minimum Gasteiger partial charge on any atom is -0.495 e. The summed E-state index contributed by atoms with van der Waals surface area (Å²) in [5.41, 5.74) is 1.18. The van der Waals surface area contributed by atoms with Crippen molar-refractivity contribution in [1.82, 2.24) is 0 Å². The van der Waals surface area contributed by atoms with Crippen molar-refractivity contribution >= 4 is 46.7 Å². The molecule has 10 heteroatoms. The summed E-state index contributed by atoms with van der Waals surface area (Å²) in [5.74, 6) is -1.50. The normalized spacial score (nSPS) is 10.4. The second kappa shape index (κ2) is 13.2. The van der Waals surface area contributed by atoms with Gasteiger partial charge < -0.3 is 24.8 Å². The lowest BCUT2D eigenvalue weighted by atomic mass is 10.2. The molecule has 2 aromatic carbocycles. The van der Waals surface area contributed by atoms with Gasteiger partial charge in [0.15, 0.2) is 6.61 Å². The second-order valence-corrected chi connectivity index (χ2v) is 8.11. The Morgan fingerprint density at radius 1 is 0.912 bits per heavy atom. The summed E-state index contributed by atoms with van der Waals surface area (Å²) in [6.07, 6.45) is -0.347. The van der Waals surface area contributed by atoms with E-state index < -0.39 is 30.4 Å². The number of hydrogen-bond acceptors (Lipinski definition) is 7. The van der Waals surface area contributed by atoms with Crippen LogP contribution in [0.25, 0.3) is 0 Å². The number of methoxy groups -OCH3 is 1. The third-order valence-corrected chi connectivity index (χ3v) is 4.54. The fourth-order valence-corrected chi connectivity index (χ4v) is 2.81. The Morgan fingerprint density at radius 2 is 1.62 bits per heavy atom. The van der Waals surface area contributed by atoms with Gasteiger partial charge in [-0.3, -0.25) is 14.4 Å². The molecule has 182 valence electrons. The summed E-state index contributed by atoms with van der Waals surface area (Å²) < 4.78 is 15.2. The van der Waals surface area contributed by atoms with Crippen LogP contribution in [0.3, 0.4) is 0 Å². The molecule has 0 unspecified atom stereocenters. The molecule has 0 saturated heterocycles. The lowest BCUT2D eigenvalue weighted by Gasteiger charge is -2.11. The number of carbonyl (C=O) groups is 4. The third kappa shape index (κ3) is 9.11. The van der Waals surface area contributed by atoms with Crippen molar-refractivity contribution in [2.45, 2.75) is 26.7 Å². The second-order valence-electron chi connectivity index (χ2n) is 7.67. The topological polar surface area (TPSA) is 120 Å². The summed E-state index contributed by atoms with van der Waals surface area (Å²) in [7, 11) is 1.44. The third-order valence-electron chi connectivity index (χ3n) is 4.31. The van der Waals surface area contributed by atoms with Crippen molar-refractivity contribution in [1.29, 1.82) is 0 Å². The first-order valence-electron chi connectivity index (χ1n) is 10.5. The number of benzene rings is 2. The Labute approximate surface area is 202 Å². The standard InChI is InChI=1S/C24H27ClN2O7/c1-15(2)13-34-24(31)16-4-7-18(8-5-16)26-21(28)10-11-23(30)33-14-22(29)27-19-12-17(25)6-9-20(19)32-3/h4-9,12,15H,10-11,13-14H2,1-3H3,(H,26,28)(H,27,29). The highest BCUT2D eigenvalue weighted by Crippen LogP contribution is 2.27. The highest BCUT2D eigenvalue weighted by Gasteiger charge is 2.13. The Balaban J connectivity index is 1.72. The minimum atomic E-state index is -0.702. The maximum absolute atomic E-state index is 12.1. The lowest BCUT2D eigenvalue weighted by Crippen LogP contribution is -2.22. The quantitative estimate of drug-likeness (QED) is 0.455. The first-order valence-corrected chi connectivity index (χ1v) is 10.9. The largest absolute Gasteiger partial charge is 0.495 e. The van der Waals surface area contributed by atoms with Gasteiger partial charge in [0.2, 0.25) is 5.91 Å². The zero-order valence-corrected chi connectivity index (χ0v) is 19.9. The van der Waals surface area contributed by atoms with E-state index in [1.54, 1.807) is 36.4 Å². The van der Waals surface area contributed by atoms with Gasteiger partial charge in [-0.15, -0.1) is 0 Å². The lowest BCUT2D eigenvalue weighted by molar-refractivity contribution is -0.147. The molecule has 9 nitrogen and oxygen atoms in total. The number of carbonyl (C=O) groups excluding carboxylic acids is 4. The number of halogens is 1. The van der Waals surface area contributed by atoms with Crippen molar-refractivity contribution in [3.8, 4) is 5.75 Å². The molecule has 2 rings (SSSR count). The molecule has 0 aliphatic rings. The van der Waals surface area contributed by atoms with Crippen LogP contribution in [-0.2, 0) is 23.9 Å². The average Bonchev–Trinajstić information content (AvgIpc) is 2.80. The van der Waals surface area contributed by atoms with Gasteiger partial charge in [0, 0.05) is 17.1 Å². The van der Waals surface area contributed by atoms with E-state index in [9.17, 15) is 19.2 Å². The summed E-state index contributed by atoms with van der Waals surface area (Å²) in [6, 6.07) is 10.9. The van der Waals surface area contributed by atoms with Gasteiger partial charge in [-0.1, -0.05) is 25.4 Å². The van der Waals surface area contributed by atoms with Crippen molar-refractivity contribution in [2.24, 2.45) is 5.92 Å². The first kappa shape index (κ1) is 26.7. The molecule has 34 heavy (non-hydrogen) atoms. The molecule has 0 fully saturated rings. The Morgan fingerprint density at radius 3 is 2.26 bits per heavy atom. The van der Waals surface area contributed by atoms with Crippen LogP contribution in [0.1, 0.15) is 37.0 Å². The summed E-state index contributed by atoms with van der Waals surface area (Å²) >= 11 is 5.91.